The molecule has 0 amide bonds. The maximum atomic E-state index is 4.20. The van der Waals surface area contributed by atoms with Gasteiger partial charge in [-0.2, -0.15) is 5.10 Å². The number of nitrogens with one attached hydrogen (secondary N) is 1. The molecule has 0 aliphatic heterocycles. The third kappa shape index (κ3) is 4.88. The van der Waals surface area contributed by atoms with Crippen LogP contribution in [0.15, 0.2) is 12.4 Å². The van der Waals surface area contributed by atoms with Gasteiger partial charge >= 0.3 is 0 Å². The zero-order valence-electron chi connectivity index (χ0n) is 12.0. The number of hydrogen-bond donors (Lipinski definition) is 1. The van der Waals surface area contributed by atoms with Crippen LogP contribution in [0, 0.1) is 5.41 Å². The van der Waals surface area contributed by atoms with Gasteiger partial charge in [0.1, 0.15) is 0 Å². The first kappa shape index (κ1) is 14.2. The minimum Gasteiger partial charge on any atom is -0.309 e. The third-order valence-corrected chi connectivity index (χ3v) is 2.86. The molecule has 0 aliphatic carbocycles. The van der Waals surface area contributed by atoms with E-state index in [2.05, 4.69) is 56.4 Å². The van der Waals surface area contributed by atoms with Gasteiger partial charge in [0, 0.05) is 37.9 Å². The fourth-order valence-corrected chi connectivity index (χ4v) is 2.12. The normalized spacial score (nSPS) is 14.3. The zero-order chi connectivity index (χ0) is 13.1. The first-order valence-electron chi connectivity index (χ1n) is 6.17. The van der Waals surface area contributed by atoms with Gasteiger partial charge in [-0.05, 0) is 26.4 Å². The Morgan fingerprint density at radius 1 is 1.47 bits per heavy atom. The molecular weight excluding hydrogens is 212 g/mol. The van der Waals surface area contributed by atoms with E-state index in [9.17, 15) is 0 Å². The Kier molecular flexibility index (Phi) is 4.71. The second kappa shape index (κ2) is 5.65. The van der Waals surface area contributed by atoms with E-state index in [1.807, 2.05) is 17.9 Å². The van der Waals surface area contributed by atoms with Crippen molar-refractivity contribution in [3.05, 3.63) is 18.0 Å². The van der Waals surface area contributed by atoms with Crippen molar-refractivity contribution in [3.63, 3.8) is 0 Å². The Bertz CT molecular complexity index is 341. The van der Waals surface area contributed by atoms with Gasteiger partial charge in [-0.3, -0.25) is 4.68 Å². The number of hydrogen-bond acceptors (Lipinski definition) is 3. The lowest BCUT2D eigenvalue weighted by atomic mass is 9.92. The SMILES string of the molecule is CC(NCC(C)(C)CN(C)C)c1cnn(C)c1. The average molecular weight is 238 g/mol. The lowest BCUT2D eigenvalue weighted by Gasteiger charge is -2.30. The molecule has 1 N–H and O–H groups in total. The first-order chi connectivity index (χ1) is 7.80. The molecule has 1 rings (SSSR count). The molecule has 4 heteroatoms. The van der Waals surface area contributed by atoms with Gasteiger partial charge in [-0.1, -0.05) is 13.8 Å². The van der Waals surface area contributed by atoms with Crippen LogP contribution >= 0.6 is 0 Å². The summed E-state index contributed by atoms with van der Waals surface area (Å²) in [5, 5.41) is 7.78. The van der Waals surface area contributed by atoms with E-state index in [1.54, 1.807) is 0 Å². The Hall–Kier alpha value is -0.870. The average Bonchev–Trinajstić information content (AvgIpc) is 2.59. The molecule has 98 valence electrons. The minimum absolute atomic E-state index is 0.278. The fraction of sp³-hybridized carbons (Fsp3) is 0.769. The van der Waals surface area contributed by atoms with Gasteiger partial charge in [0.15, 0.2) is 0 Å². The Labute approximate surface area is 105 Å². The molecule has 0 aliphatic rings. The van der Waals surface area contributed by atoms with E-state index < -0.39 is 0 Å². The largest absolute Gasteiger partial charge is 0.309 e. The van der Waals surface area contributed by atoms with Crippen molar-refractivity contribution >= 4 is 0 Å². The van der Waals surface area contributed by atoms with Crippen molar-refractivity contribution in [1.29, 1.82) is 0 Å². The first-order valence-corrected chi connectivity index (χ1v) is 6.17. The Morgan fingerprint density at radius 3 is 2.59 bits per heavy atom. The number of aryl methyl sites for hydroxylation is 1. The second-order valence-corrected chi connectivity index (χ2v) is 5.95. The molecule has 0 spiro atoms. The smallest absolute Gasteiger partial charge is 0.0537 e. The summed E-state index contributed by atoms with van der Waals surface area (Å²) in [5.41, 5.74) is 1.52. The van der Waals surface area contributed by atoms with Crippen LogP contribution in [0.3, 0.4) is 0 Å². The predicted molar refractivity (Wildman–Crippen MR) is 72.0 cm³/mol. The second-order valence-electron chi connectivity index (χ2n) is 5.95. The molecule has 0 saturated carbocycles. The molecule has 17 heavy (non-hydrogen) atoms. The summed E-state index contributed by atoms with van der Waals surface area (Å²) in [6.45, 7) is 8.84. The highest BCUT2D eigenvalue weighted by atomic mass is 15.2. The highest BCUT2D eigenvalue weighted by molar-refractivity contribution is 5.08. The zero-order valence-corrected chi connectivity index (χ0v) is 12.0. The molecule has 0 aromatic carbocycles. The van der Waals surface area contributed by atoms with Crippen molar-refractivity contribution in [2.75, 3.05) is 27.2 Å². The number of aromatic nitrogens is 2. The summed E-state index contributed by atoms with van der Waals surface area (Å²) in [7, 11) is 6.19. The van der Waals surface area contributed by atoms with Gasteiger partial charge in [0.05, 0.1) is 6.20 Å². The standard InChI is InChI=1S/C13H26N4/c1-11(12-7-15-17(6)8-12)14-9-13(2,3)10-16(4)5/h7-8,11,14H,9-10H2,1-6H3. The third-order valence-electron chi connectivity index (χ3n) is 2.86. The summed E-state index contributed by atoms with van der Waals surface area (Å²) in [6, 6.07) is 0.352. The maximum absolute atomic E-state index is 4.20. The van der Waals surface area contributed by atoms with E-state index in [1.165, 1.54) is 5.56 Å². The van der Waals surface area contributed by atoms with Crippen LogP contribution in [0.4, 0.5) is 0 Å². The molecule has 0 saturated heterocycles. The van der Waals surface area contributed by atoms with Crippen LogP contribution in [-0.2, 0) is 7.05 Å². The molecule has 1 aromatic rings. The molecule has 1 aromatic heterocycles. The molecular formula is C13H26N4. The van der Waals surface area contributed by atoms with Crippen molar-refractivity contribution < 1.29 is 0 Å². The van der Waals surface area contributed by atoms with Crippen molar-refractivity contribution in [2.45, 2.75) is 26.8 Å². The van der Waals surface area contributed by atoms with Crippen LogP contribution < -0.4 is 5.32 Å². The molecule has 1 unspecified atom stereocenters. The maximum Gasteiger partial charge on any atom is 0.0537 e. The summed E-state index contributed by atoms with van der Waals surface area (Å²) < 4.78 is 1.85. The highest BCUT2D eigenvalue weighted by Gasteiger charge is 2.20. The molecule has 0 fully saturated rings. The van der Waals surface area contributed by atoms with Crippen molar-refractivity contribution in [1.82, 2.24) is 20.0 Å². The van der Waals surface area contributed by atoms with Gasteiger partial charge < -0.3 is 10.2 Å². The van der Waals surface area contributed by atoms with Crippen molar-refractivity contribution in [2.24, 2.45) is 12.5 Å². The number of nitrogens with zero attached hydrogens (tertiary/aromatic N) is 3. The summed E-state index contributed by atoms with van der Waals surface area (Å²) >= 11 is 0. The molecule has 0 radical (unpaired) electrons. The lowest BCUT2D eigenvalue weighted by molar-refractivity contribution is 0.227. The summed E-state index contributed by atoms with van der Waals surface area (Å²) in [4.78, 5) is 2.23. The highest BCUT2D eigenvalue weighted by Crippen LogP contribution is 2.17. The van der Waals surface area contributed by atoms with Gasteiger partial charge in [0.25, 0.3) is 0 Å². The number of rotatable bonds is 6. The van der Waals surface area contributed by atoms with Crippen LogP contribution in [0.25, 0.3) is 0 Å². The predicted octanol–water partition coefficient (Wildman–Crippen LogP) is 1.66. The summed E-state index contributed by atoms with van der Waals surface area (Å²) in [6.07, 6.45) is 3.99. The molecule has 1 atom stereocenters. The van der Waals surface area contributed by atoms with Gasteiger partial charge in [0.2, 0.25) is 0 Å². The molecule has 0 bridgehead atoms. The van der Waals surface area contributed by atoms with E-state index in [0.717, 1.165) is 13.1 Å². The van der Waals surface area contributed by atoms with E-state index in [-0.39, 0.29) is 5.41 Å². The topological polar surface area (TPSA) is 33.1 Å². The molecule has 4 nitrogen and oxygen atoms in total. The minimum atomic E-state index is 0.278. The fourth-order valence-electron chi connectivity index (χ4n) is 2.12. The Balaban J connectivity index is 2.45. The molecule has 1 heterocycles. The summed E-state index contributed by atoms with van der Waals surface area (Å²) in [5.74, 6) is 0. The van der Waals surface area contributed by atoms with E-state index in [0.29, 0.717) is 6.04 Å². The van der Waals surface area contributed by atoms with E-state index in [4.69, 9.17) is 0 Å². The van der Waals surface area contributed by atoms with Crippen LogP contribution in [0.1, 0.15) is 32.4 Å². The van der Waals surface area contributed by atoms with Crippen LogP contribution in [0.2, 0.25) is 0 Å². The van der Waals surface area contributed by atoms with E-state index >= 15 is 0 Å². The van der Waals surface area contributed by atoms with Gasteiger partial charge in [-0.15, -0.1) is 0 Å². The Morgan fingerprint density at radius 2 is 2.12 bits per heavy atom. The monoisotopic (exact) mass is 238 g/mol. The van der Waals surface area contributed by atoms with Crippen LogP contribution in [0.5, 0.6) is 0 Å². The quantitative estimate of drug-likeness (QED) is 0.818. The van der Waals surface area contributed by atoms with Crippen molar-refractivity contribution in [3.8, 4) is 0 Å². The van der Waals surface area contributed by atoms with Gasteiger partial charge in [-0.25, -0.2) is 0 Å². The lowest BCUT2D eigenvalue weighted by Crippen LogP contribution is -2.38. The van der Waals surface area contributed by atoms with Crippen LogP contribution in [-0.4, -0.2) is 41.9 Å².